The fourth-order valence-corrected chi connectivity index (χ4v) is 3.21. The first-order chi connectivity index (χ1) is 12.3. The Kier molecular flexibility index (Phi) is 5.90. The molecule has 0 spiro atoms. The predicted octanol–water partition coefficient (Wildman–Crippen LogP) is 3.65. The number of ether oxygens (including phenoxy) is 1. The van der Waals surface area contributed by atoms with Crippen molar-refractivity contribution in [2.75, 3.05) is 32.1 Å². The van der Waals surface area contributed by atoms with Crippen molar-refractivity contribution in [3.05, 3.63) is 60.2 Å². The van der Waals surface area contributed by atoms with Crippen molar-refractivity contribution in [1.29, 1.82) is 0 Å². The molecule has 3 rings (SSSR count). The number of rotatable bonds is 6. The average Bonchev–Trinajstić information content (AvgIpc) is 3.15. The van der Waals surface area contributed by atoms with Gasteiger partial charge in [-0.1, -0.05) is 42.5 Å². The van der Waals surface area contributed by atoms with Gasteiger partial charge in [0.15, 0.2) is 0 Å². The van der Waals surface area contributed by atoms with Crippen LogP contribution in [0.25, 0.3) is 0 Å². The fourth-order valence-electron chi connectivity index (χ4n) is 3.21. The first-order valence-corrected chi connectivity index (χ1v) is 8.74. The van der Waals surface area contributed by atoms with E-state index in [1.807, 2.05) is 42.5 Å². The number of hydrogen-bond acceptors (Lipinski definition) is 3. The van der Waals surface area contributed by atoms with Crippen LogP contribution >= 0.6 is 0 Å². The molecule has 1 fully saturated rings. The Hall–Kier alpha value is -2.53. The normalized spacial score (nSPS) is 15.6. The van der Waals surface area contributed by atoms with Gasteiger partial charge in [0.1, 0.15) is 5.75 Å². The van der Waals surface area contributed by atoms with Crippen molar-refractivity contribution in [3.63, 3.8) is 0 Å². The summed E-state index contributed by atoms with van der Waals surface area (Å²) in [5.74, 6) is 0.647. The molecular weight excluding hydrogens is 314 g/mol. The number of likely N-dealkylation sites (tertiary alicyclic amines) is 1. The van der Waals surface area contributed by atoms with Gasteiger partial charge < -0.3 is 20.3 Å². The topological polar surface area (TPSA) is 53.6 Å². The number of benzene rings is 2. The van der Waals surface area contributed by atoms with Crippen LogP contribution in [0.1, 0.15) is 24.4 Å². The second-order valence-corrected chi connectivity index (χ2v) is 6.27. The Bertz CT molecular complexity index is 684. The van der Waals surface area contributed by atoms with Gasteiger partial charge in [0.2, 0.25) is 0 Å². The number of amides is 2. The van der Waals surface area contributed by atoms with Gasteiger partial charge in [0, 0.05) is 6.54 Å². The molecule has 5 heteroatoms. The molecule has 0 saturated carbocycles. The van der Waals surface area contributed by atoms with E-state index in [-0.39, 0.29) is 12.1 Å². The summed E-state index contributed by atoms with van der Waals surface area (Å²) < 4.78 is 5.29. The second-order valence-electron chi connectivity index (χ2n) is 6.27. The average molecular weight is 339 g/mol. The molecule has 2 aromatic carbocycles. The highest BCUT2D eigenvalue weighted by Crippen LogP contribution is 2.23. The molecule has 2 aromatic rings. The van der Waals surface area contributed by atoms with Gasteiger partial charge in [-0.2, -0.15) is 0 Å². The minimum absolute atomic E-state index is 0.0472. The Morgan fingerprint density at radius 2 is 1.76 bits per heavy atom. The Labute approximate surface area is 149 Å². The van der Waals surface area contributed by atoms with Gasteiger partial charge in [-0.25, -0.2) is 4.79 Å². The molecule has 0 bridgehead atoms. The van der Waals surface area contributed by atoms with Gasteiger partial charge in [-0.15, -0.1) is 0 Å². The lowest BCUT2D eigenvalue weighted by atomic mass is 10.1. The molecule has 1 heterocycles. The van der Waals surface area contributed by atoms with Crippen LogP contribution in [0, 0.1) is 0 Å². The van der Waals surface area contributed by atoms with Gasteiger partial charge in [-0.3, -0.25) is 0 Å². The van der Waals surface area contributed by atoms with E-state index in [0.29, 0.717) is 11.4 Å². The van der Waals surface area contributed by atoms with Crippen molar-refractivity contribution in [1.82, 2.24) is 10.2 Å². The summed E-state index contributed by atoms with van der Waals surface area (Å²) in [5, 5.41) is 6.01. The summed E-state index contributed by atoms with van der Waals surface area (Å²) in [6.07, 6.45) is 2.46. The lowest BCUT2D eigenvalue weighted by Gasteiger charge is -2.25. The van der Waals surface area contributed by atoms with Gasteiger partial charge in [0.25, 0.3) is 0 Å². The third-order valence-electron chi connectivity index (χ3n) is 4.50. The number of anilines is 1. The maximum absolute atomic E-state index is 12.5. The minimum Gasteiger partial charge on any atom is -0.495 e. The van der Waals surface area contributed by atoms with Crippen molar-refractivity contribution in [3.8, 4) is 5.75 Å². The number of methoxy groups -OCH3 is 1. The molecule has 25 heavy (non-hydrogen) atoms. The predicted molar refractivity (Wildman–Crippen MR) is 100 cm³/mol. The van der Waals surface area contributed by atoms with Crippen LogP contribution in [0.15, 0.2) is 54.6 Å². The third-order valence-corrected chi connectivity index (χ3v) is 4.50. The number of para-hydroxylation sites is 2. The summed E-state index contributed by atoms with van der Waals surface area (Å²) >= 11 is 0. The van der Waals surface area contributed by atoms with Crippen LogP contribution in [0.5, 0.6) is 5.75 Å². The largest absolute Gasteiger partial charge is 0.495 e. The standard InChI is InChI=1S/C20H25N3O2/c1-25-19-12-6-5-11-17(19)21-20(24)22-18(15-23-13-7-8-14-23)16-9-3-2-4-10-16/h2-6,9-12,18H,7-8,13-15H2,1H3,(H2,21,22,24). The maximum Gasteiger partial charge on any atom is 0.319 e. The molecule has 0 aliphatic carbocycles. The number of nitrogens with zero attached hydrogens (tertiary/aromatic N) is 1. The highest BCUT2D eigenvalue weighted by atomic mass is 16.5. The molecule has 0 aromatic heterocycles. The van der Waals surface area contributed by atoms with E-state index in [9.17, 15) is 4.79 Å². The van der Waals surface area contributed by atoms with Gasteiger partial charge >= 0.3 is 6.03 Å². The lowest BCUT2D eigenvalue weighted by Crippen LogP contribution is -2.39. The SMILES string of the molecule is COc1ccccc1NC(=O)NC(CN1CCCC1)c1ccccc1. The Morgan fingerprint density at radius 3 is 2.48 bits per heavy atom. The molecule has 1 atom stereocenters. The van der Waals surface area contributed by atoms with Crippen molar-refractivity contribution < 1.29 is 9.53 Å². The van der Waals surface area contributed by atoms with Crippen LogP contribution in [0.2, 0.25) is 0 Å². The van der Waals surface area contributed by atoms with Crippen molar-refractivity contribution >= 4 is 11.7 Å². The van der Waals surface area contributed by atoms with Crippen molar-refractivity contribution in [2.24, 2.45) is 0 Å². The highest BCUT2D eigenvalue weighted by molar-refractivity contribution is 5.91. The molecule has 5 nitrogen and oxygen atoms in total. The first kappa shape index (κ1) is 17.3. The van der Waals surface area contributed by atoms with Gasteiger partial charge in [-0.05, 0) is 43.6 Å². The quantitative estimate of drug-likeness (QED) is 0.844. The summed E-state index contributed by atoms with van der Waals surface area (Å²) in [6, 6.07) is 17.3. The van der Waals surface area contributed by atoms with Gasteiger partial charge in [0.05, 0.1) is 18.8 Å². The van der Waals surface area contributed by atoms with E-state index in [2.05, 4.69) is 27.7 Å². The summed E-state index contributed by atoms with van der Waals surface area (Å²) in [6.45, 7) is 3.02. The molecule has 0 radical (unpaired) electrons. The molecular formula is C20H25N3O2. The van der Waals surface area contributed by atoms with E-state index < -0.39 is 0 Å². The molecule has 2 amide bonds. The zero-order valence-corrected chi connectivity index (χ0v) is 14.6. The summed E-state index contributed by atoms with van der Waals surface area (Å²) in [7, 11) is 1.60. The zero-order chi connectivity index (χ0) is 17.5. The van der Waals surface area contributed by atoms with E-state index in [1.54, 1.807) is 7.11 Å². The van der Waals surface area contributed by atoms with Crippen LogP contribution in [-0.2, 0) is 0 Å². The zero-order valence-electron chi connectivity index (χ0n) is 14.6. The maximum atomic E-state index is 12.5. The Balaban J connectivity index is 1.69. The number of carbonyl (C=O) groups excluding carboxylic acids is 1. The summed E-state index contributed by atoms with van der Waals surface area (Å²) in [4.78, 5) is 14.9. The number of nitrogens with one attached hydrogen (secondary N) is 2. The third kappa shape index (κ3) is 4.73. The molecule has 1 saturated heterocycles. The van der Waals surface area contributed by atoms with E-state index in [4.69, 9.17) is 4.74 Å². The van der Waals surface area contributed by atoms with Crippen LogP contribution in [0.4, 0.5) is 10.5 Å². The van der Waals surface area contributed by atoms with E-state index >= 15 is 0 Å². The first-order valence-electron chi connectivity index (χ1n) is 8.74. The molecule has 132 valence electrons. The molecule has 2 N–H and O–H groups in total. The molecule has 1 aliphatic rings. The lowest BCUT2D eigenvalue weighted by molar-refractivity contribution is 0.240. The second kappa shape index (κ2) is 8.53. The summed E-state index contributed by atoms with van der Waals surface area (Å²) in [5.41, 5.74) is 1.78. The molecule has 1 aliphatic heterocycles. The minimum atomic E-state index is -0.224. The molecule has 1 unspecified atom stereocenters. The number of urea groups is 1. The number of hydrogen-bond donors (Lipinski definition) is 2. The van der Waals surface area contributed by atoms with Crippen LogP contribution < -0.4 is 15.4 Å². The van der Waals surface area contributed by atoms with E-state index in [0.717, 1.165) is 25.2 Å². The highest BCUT2D eigenvalue weighted by Gasteiger charge is 2.21. The Morgan fingerprint density at radius 1 is 1.08 bits per heavy atom. The van der Waals surface area contributed by atoms with E-state index in [1.165, 1.54) is 12.8 Å². The monoisotopic (exact) mass is 339 g/mol. The fraction of sp³-hybridized carbons (Fsp3) is 0.350. The van der Waals surface area contributed by atoms with Crippen LogP contribution in [-0.4, -0.2) is 37.7 Å². The van der Waals surface area contributed by atoms with Crippen LogP contribution in [0.3, 0.4) is 0 Å². The van der Waals surface area contributed by atoms with Crippen molar-refractivity contribution in [2.45, 2.75) is 18.9 Å². The number of carbonyl (C=O) groups is 1. The smallest absolute Gasteiger partial charge is 0.319 e.